The third-order valence-electron chi connectivity index (χ3n) is 11.0. The number of ether oxygens (including phenoxy) is 3. The second kappa shape index (κ2) is 19.1. The highest BCUT2D eigenvalue weighted by Gasteiger charge is 2.45. The van der Waals surface area contributed by atoms with Gasteiger partial charge in [-0.3, -0.25) is 44.1 Å². The monoisotopic (exact) mass is 870 g/mol. The molecular weight excluding hydrogens is 827 g/mol. The van der Waals surface area contributed by atoms with Crippen molar-refractivity contribution in [3.8, 4) is 23.3 Å². The van der Waals surface area contributed by atoms with E-state index in [-0.39, 0.29) is 29.9 Å². The van der Waals surface area contributed by atoms with E-state index in [1.165, 1.54) is 13.3 Å². The summed E-state index contributed by atoms with van der Waals surface area (Å²) in [6, 6.07) is 12.9. The number of aromatic nitrogens is 1. The highest BCUT2D eigenvalue weighted by atomic mass is 35.5. The van der Waals surface area contributed by atoms with Gasteiger partial charge in [-0.1, -0.05) is 29.3 Å². The number of rotatable bonds is 16. The number of nitrogens with zero attached hydrogens (tertiary/aromatic N) is 5. The molecule has 7 rings (SSSR count). The third kappa shape index (κ3) is 9.29. The van der Waals surface area contributed by atoms with Crippen LogP contribution in [-0.4, -0.2) is 115 Å². The Morgan fingerprint density at radius 2 is 1.72 bits per heavy atom. The van der Waals surface area contributed by atoms with Gasteiger partial charge in [0.15, 0.2) is 11.5 Å². The molecule has 5 amide bonds. The molecule has 4 aromatic rings. The van der Waals surface area contributed by atoms with Crippen LogP contribution in [0.2, 0.25) is 10.0 Å². The van der Waals surface area contributed by atoms with Crippen LogP contribution in [0.15, 0.2) is 48.7 Å². The van der Waals surface area contributed by atoms with E-state index in [1.54, 1.807) is 49.6 Å². The molecule has 2 saturated heterocycles. The molecule has 1 unspecified atom stereocenters. The van der Waals surface area contributed by atoms with Gasteiger partial charge in [-0.15, -0.1) is 0 Å². The number of piperazine rings is 1. The van der Waals surface area contributed by atoms with E-state index in [2.05, 4.69) is 31.9 Å². The van der Waals surface area contributed by atoms with Gasteiger partial charge >= 0.3 is 0 Å². The standard InChI is InChI=1S/C43H44Cl2N8O8/c1-59-34-22-32(28(44)20-29(34)45)49-40-25(23-46)24-48-31-21-36(35(60-2)19-27(31)40)61-18-6-13-51-14-16-52(17-15-51)38(55)9-3-4-12-47-30-8-5-7-26-39(30)43(58)53(42(26)57)33-10-11-37(54)50-41(33)56/h5,7-8,19-22,24,33,47H,3-4,6,9-18H2,1-2H3,(H,48,49)(H,50,54,56). The van der Waals surface area contributed by atoms with E-state index in [1.807, 2.05) is 4.90 Å². The summed E-state index contributed by atoms with van der Waals surface area (Å²) < 4.78 is 17.2. The van der Waals surface area contributed by atoms with Crippen LogP contribution in [0.3, 0.4) is 0 Å². The number of anilines is 3. The van der Waals surface area contributed by atoms with Crippen LogP contribution < -0.4 is 30.2 Å². The molecule has 18 heteroatoms. The van der Waals surface area contributed by atoms with Gasteiger partial charge in [0.05, 0.1) is 64.5 Å². The molecule has 3 N–H and O–H groups in total. The summed E-state index contributed by atoms with van der Waals surface area (Å²) in [5.41, 5.74) is 2.80. The molecule has 0 bridgehead atoms. The van der Waals surface area contributed by atoms with E-state index in [0.29, 0.717) is 106 Å². The Balaban J connectivity index is 0.842. The van der Waals surface area contributed by atoms with Crippen LogP contribution in [0.25, 0.3) is 10.9 Å². The Morgan fingerprint density at radius 3 is 2.46 bits per heavy atom. The van der Waals surface area contributed by atoms with Crippen LogP contribution in [0.1, 0.15) is 64.8 Å². The fourth-order valence-corrected chi connectivity index (χ4v) is 8.25. The van der Waals surface area contributed by atoms with E-state index in [4.69, 9.17) is 37.4 Å². The molecule has 0 saturated carbocycles. The SMILES string of the molecule is COc1cc(Nc2c(C#N)cnc3cc(OCCCN4CCN(C(=O)CCCCNc5cccc6c5C(=O)N(C5CCC(=O)NC5=O)C6=O)CC4)c(OC)cc23)c(Cl)cc1Cl. The number of pyridine rings is 1. The van der Waals surface area contributed by atoms with Crippen molar-refractivity contribution in [2.45, 2.75) is 44.6 Å². The fourth-order valence-electron chi connectivity index (χ4n) is 7.74. The summed E-state index contributed by atoms with van der Waals surface area (Å²) in [6.07, 6.45) is 4.07. The predicted molar refractivity (Wildman–Crippen MR) is 228 cm³/mol. The van der Waals surface area contributed by atoms with Crippen molar-refractivity contribution in [3.63, 3.8) is 0 Å². The maximum atomic E-state index is 13.3. The summed E-state index contributed by atoms with van der Waals surface area (Å²) >= 11 is 12.7. The first kappa shape index (κ1) is 43.0. The maximum absolute atomic E-state index is 13.3. The van der Waals surface area contributed by atoms with E-state index in [9.17, 15) is 29.2 Å². The number of nitriles is 1. The van der Waals surface area contributed by atoms with Crippen molar-refractivity contribution in [2.75, 3.05) is 70.7 Å². The Hall–Kier alpha value is -6.15. The molecule has 0 radical (unpaired) electrons. The zero-order chi connectivity index (χ0) is 43.2. The first-order chi connectivity index (χ1) is 29.5. The molecule has 1 atom stereocenters. The number of unbranched alkanes of at least 4 members (excludes halogenated alkanes) is 1. The smallest absolute Gasteiger partial charge is 0.264 e. The number of hydrogen-bond donors (Lipinski definition) is 3. The van der Waals surface area contributed by atoms with Gasteiger partial charge in [0.25, 0.3) is 11.8 Å². The molecule has 2 fully saturated rings. The number of benzene rings is 3. The second-order valence-electron chi connectivity index (χ2n) is 14.8. The van der Waals surface area contributed by atoms with Gasteiger partial charge in [0.2, 0.25) is 17.7 Å². The molecule has 318 valence electrons. The summed E-state index contributed by atoms with van der Waals surface area (Å²) in [5.74, 6) is -0.684. The van der Waals surface area contributed by atoms with Crippen LogP contribution in [0.4, 0.5) is 17.1 Å². The third-order valence-corrected chi connectivity index (χ3v) is 11.6. The fraction of sp³-hybridized carbons (Fsp3) is 0.372. The molecular formula is C43H44Cl2N8O8. The zero-order valence-electron chi connectivity index (χ0n) is 33.6. The second-order valence-corrected chi connectivity index (χ2v) is 15.6. The topological polar surface area (TPSA) is 196 Å². The summed E-state index contributed by atoms with van der Waals surface area (Å²) in [6.45, 7) is 4.45. The summed E-state index contributed by atoms with van der Waals surface area (Å²) in [5, 5.41) is 19.9. The lowest BCUT2D eigenvalue weighted by molar-refractivity contribution is -0.136. The molecule has 4 heterocycles. The van der Waals surface area contributed by atoms with Gasteiger partial charge in [-0.25, -0.2) is 0 Å². The minimum atomic E-state index is -1.03. The molecule has 16 nitrogen and oxygen atoms in total. The molecule has 0 spiro atoms. The molecule has 3 aliphatic rings. The highest BCUT2D eigenvalue weighted by molar-refractivity contribution is 6.37. The number of hydrogen-bond acceptors (Lipinski definition) is 13. The number of methoxy groups -OCH3 is 2. The van der Waals surface area contributed by atoms with Gasteiger partial charge in [0.1, 0.15) is 17.9 Å². The number of fused-ring (bicyclic) bond motifs is 2. The van der Waals surface area contributed by atoms with Crippen molar-refractivity contribution in [1.82, 2.24) is 25.0 Å². The zero-order valence-corrected chi connectivity index (χ0v) is 35.2. The highest BCUT2D eigenvalue weighted by Crippen LogP contribution is 2.41. The van der Waals surface area contributed by atoms with E-state index in [0.717, 1.165) is 31.0 Å². The lowest BCUT2D eigenvalue weighted by Crippen LogP contribution is -2.54. The Kier molecular flexibility index (Phi) is 13.4. The van der Waals surface area contributed by atoms with Gasteiger partial charge in [0, 0.05) is 81.5 Å². The predicted octanol–water partition coefficient (Wildman–Crippen LogP) is 5.77. The van der Waals surface area contributed by atoms with Crippen LogP contribution >= 0.6 is 23.2 Å². The van der Waals surface area contributed by atoms with Crippen molar-refractivity contribution in [3.05, 3.63) is 75.4 Å². The number of nitrogens with one attached hydrogen (secondary N) is 3. The maximum Gasteiger partial charge on any atom is 0.264 e. The van der Waals surface area contributed by atoms with Crippen LogP contribution in [0, 0.1) is 11.3 Å². The average molecular weight is 872 g/mol. The number of piperidine rings is 1. The average Bonchev–Trinajstić information content (AvgIpc) is 3.51. The largest absolute Gasteiger partial charge is 0.495 e. The quantitative estimate of drug-likeness (QED) is 0.0908. The number of carbonyl (C=O) groups excluding carboxylic acids is 5. The van der Waals surface area contributed by atoms with Crippen LogP contribution in [-0.2, 0) is 14.4 Å². The number of amides is 5. The van der Waals surface area contributed by atoms with Crippen molar-refractivity contribution in [2.24, 2.45) is 0 Å². The molecule has 61 heavy (non-hydrogen) atoms. The van der Waals surface area contributed by atoms with Crippen molar-refractivity contribution >= 4 is 80.7 Å². The Labute approximate surface area is 362 Å². The van der Waals surface area contributed by atoms with Gasteiger partial charge in [-0.05, 0) is 49.9 Å². The Bertz CT molecular complexity index is 2430. The first-order valence-electron chi connectivity index (χ1n) is 19.9. The molecule has 3 aliphatic heterocycles. The minimum Gasteiger partial charge on any atom is -0.495 e. The van der Waals surface area contributed by atoms with Crippen molar-refractivity contribution in [1.29, 1.82) is 5.26 Å². The number of carbonyl (C=O) groups is 5. The van der Waals surface area contributed by atoms with Crippen molar-refractivity contribution < 1.29 is 38.2 Å². The molecule has 0 aliphatic carbocycles. The Morgan fingerprint density at radius 1 is 0.934 bits per heavy atom. The molecule has 3 aromatic carbocycles. The normalized spacial score (nSPS) is 16.6. The van der Waals surface area contributed by atoms with E-state index < -0.39 is 29.7 Å². The summed E-state index contributed by atoms with van der Waals surface area (Å²) in [4.78, 5) is 73.2. The lowest BCUT2D eigenvalue weighted by atomic mass is 10.0. The minimum absolute atomic E-state index is 0.0532. The number of halogens is 2. The lowest BCUT2D eigenvalue weighted by Gasteiger charge is -2.34. The summed E-state index contributed by atoms with van der Waals surface area (Å²) in [7, 11) is 3.05. The number of imide groups is 2. The van der Waals surface area contributed by atoms with Gasteiger partial charge < -0.3 is 29.7 Å². The first-order valence-corrected chi connectivity index (χ1v) is 20.7. The molecule has 1 aromatic heterocycles. The van der Waals surface area contributed by atoms with Crippen LogP contribution in [0.5, 0.6) is 17.2 Å². The van der Waals surface area contributed by atoms with E-state index >= 15 is 0 Å². The van der Waals surface area contributed by atoms with Gasteiger partial charge in [-0.2, -0.15) is 5.26 Å².